The number of H-pyrrole nitrogens is 1. The van der Waals surface area contributed by atoms with Gasteiger partial charge in [0.25, 0.3) is 5.91 Å². The van der Waals surface area contributed by atoms with Gasteiger partial charge in [-0.2, -0.15) is 0 Å². The van der Waals surface area contributed by atoms with Crippen LogP contribution in [0.4, 0.5) is 5.69 Å². The van der Waals surface area contributed by atoms with E-state index in [0.29, 0.717) is 23.2 Å². The summed E-state index contributed by atoms with van der Waals surface area (Å²) in [6, 6.07) is 10.5. The number of carbonyl (C=O) groups excluding carboxylic acids is 1. The van der Waals surface area contributed by atoms with Crippen LogP contribution in [0.1, 0.15) is 56.1 Å². The number of pyridine rings is 1. The van der Waals surface area contributed by atoms with Crippen molar-refractivity contribution in [2.75, 3.05) is 19.0 Å². The van der Waals surface area contributed by atoms with Crippen molar-refractivity contribution in [2.45, 2.75) is 45.4 Å². The minimum Gasteiger partial charge on any atom is -0.508 e. The fourth-order valence-corrected chi connectivity index (χ4v) is 3.82. The molecule has 3 rings (SSSR count). The van der Waals surface area contributed by atoms with E-state index in [1.54, 1.807) is 31.4 Å². The second kappa shape index (κ2) is 8.19. The van der Waals surface area contributed by atoms with Crippen molar-refractivity contribution in [2.24, 2.45) is 0 Å². The highest BCUT2D eigenvalue weighted by Crippen LogP contribution is 2.40. The molecular weight excluding hydrogens is 392 g/mol. The number of phenolic OH excluding ortho intramolecular Hbond substituents is 1. The SMILES string of the molecule is COCC(C)(C)c1cc(C(C)(C)C)c(NC(=O)c2c[nH]c3ccccc3c2=O)cc1O. The van der Waals surface area contributed by atoms with Gasteiger partial charge in [0.1, 0.15) is 11.3 Å². The standard InChI is InChI=1S/C25H30N2O4/c1-24(2,3)17-11-18(25(4,5)14-31-6)21(28)12-20(17)27-23(30)16-13-26-19-10-8-7-9-15(19)22(16)29/h7-13,28H,14H2,1-6H3,(H,26,29)(H,27,30). The molecule has 3 N–H and O–H groups in total. The first-order valence-electron chi connectivity index (χ1n) is 10.2. The zero-order valence-corrected chi connectivity index (χ0v) is 18.9. The molecule has 2 aromatic carbocycles. The van der Waals surface area contributed by atoms with E-state index in [0.717, 1.165) is 11.1 Å². The normalized spacial score (nSPS) is 12.2. The number of anilines is 1. The average molecular weight is 423 g/mol. The number of carbonyl (C=O) groups is 1. The third kappa shape index (κ3) is 4.49. The topological polar surface area (TPSA) is 91.4 Å². The van der Waals surface area contributed by atoms with Crippen molar-refractivity contribution in [3.05, 3.63) is 69.5 Å². The Morgan fingerprint density at radius 2 is 1.77 bits per heavy atom. The molecule has 0 bridgehead atoms. The van der Waals surface area contributed by atoms with Crippen LogP contribution in [-0.4, -0.2) is 29.7 Å². The van der Waals surface area contributed by atoms with Crippen molar-refractivity contribution >= 4 is 22.5 Å². The smallest absolute Gasteiger partial charge is 0.261 e. The zero-order valence-electron chi connectivity index (χ0n) is 18.9. The zero-order chi connectivity index (χ0) is 23.0. The Labute approximate surface area is 182 Å². The van der Waals surface area contributed by atoms with Crippen LogP contribution in [0.2, 0.25) is 0 Å². The number of ether oxygens (including phenoxy) is 1. The number of amides is 1. The Balaban J connectivity index is 2.07. The maximum atomic E-state index is 13.0. The Morgan fingerprint density at radius 1 is 1.10 bits per heavy atom. The molecule has 0 aliphatic rings. The number of rotatable bonds is 5. The molecule has 6 nitrogen and oxygen atoms in total. The van der Waals surface area contributed by atoms with Gasteiger partial charge in [-0.15, -0.1) is 0 Å². The first kappa shape index (κ1) is 22.6. The van der Waals surface area contributed by atoms with Gasteiger partial charge in [0.05, 0.1) is 6.61 Å². The fraction of sp³-hybridized carbons (Fsp3) is 0.360. The summed E-state index contributed by atoms with van der Waals surface area (Å²) in [4.78, 5) is 28.8. The van der Waals surface area contributed by atoms with E-state index in [-0.39, 0.29) is 22.2 Å². The number of hydrogen-bond acceptors (Lipinski definition) is 4. The number of aromatic nitrogens is 1. The highest BCUT2D eigenvalue weighted by molar-refractivity contribution is 6.06. The molecule has 0 radical (unpaired) electrons. The monoisotopic (exact) mass is 422 g/mol. The largest absolute Gasteiger partial charge is 0.508 e. The molecule has 3 aromatic rings. The number of aromatic amines is 1. The van der Waals surface area contributed by atoms with Gasteiger partial charge >= 0.3 is 0 Å². The van der Waals surface area contributed by atoms with Crippen LogP contribution in [0.25, 0.3) is 10.9 Å². The molecule has 0 saturated carbocycles. The van der Waals surface area contributed by atoms with E-state index in [1.165, 1.54) is 6.20 Å². The summed E-state index contributed by atoms with van der Waals surface area (Å²) in [6.45, 7) is 10.5. The number of para-hydroxylation sites is 1. The lowest BCUT2D eigenvalue weighted by Crippen LogP contribution is -2.27. The first-order valence-corrected chi connectivity index (χ1v) is 10.2. The van der Waals surface area contributed by atoms with Crippen LogP contribution < -0.4 is 10.7 Å². The van der Waals surface area contributed by atoms with Gasteiger partial charge in [-0.3, -0.25) is 9.59 Å². The van der Waals surface area contributed by atoms with Crippen LogP contribution in [0.5, 0.6) is 5.75 Å². The quantitative estimate of drug-likeness (QED) is 0.555. The minimum atomic E-state index is -0.527. The van der Waals surface area contributed by atoms with Gasteiger partial charge < -0.3 is 20.1 Å². The van der Waals surface area contributed by atoms with Gasteiger partial charge in [0.2, 0.25) is 5.43 Å². The van der Waals surface area contributed by atoms with E-state index in [4.69, 9.17) is 4.74 Å². The molecule has 1 heterocycles. The number of methoxy groups -OCH3 is 1. The molecule has 0 aliphatic carbocycles. The van der Waals surface area contributed by atoms with E-state index < -0.39 is 11.3 Å². The van der Waals surface area contributed by atoms with Crippen LogP contribution in [0, 0.1) is 0 Å². The van der Waals surface area contributed by atoms with Gasteiger partial charge in [-0.1, -0.05) is 46.8 Å². The number of benzene rings is 2. The second-order valence-electron chi connectivity index (χ2n) is 9.51. The molecule has 0 saturated heterocycles. The van der Waals surface area contributed by atoms with Crippen molar-refractivity contribution in [3.63, 3.8) is 0 Å². The highest BCUT2D eigenvalue weighted by Gasteiger charge is 2.29. The van der Waals surface area contributed by atoms with Gasteiger partial charge in [0, 0.05) is 46.9 Å². The van der Waals surface area contributed by atoms with E-state index in [9.17, 15) is 14.7 Å². The number of nitrogens with one attached hydrogen (secondary N) is 2. The Kier molecular flexibility index (Phi) is 5.96. The first-order chi connectivity index (χ1) is 14.5. The third-order valence-electron chi connectivity index (χ3n) is 5.46. The average Bonchev–Trinajstić information content (AvgIpc) is 2.67. The van der Waals surface area contributed by atoms with Crippen molar-refractivity contribution in [1.82, 2.24) is 4.98 Å². The Hall–Kier alpha value is -3.12. The fourth-order valence-electron chi connectivity index (χ4n) is 3.82. The van der Waals surface area contributed by atoms with E-state index in [2.05, 4.69) is 10.3 Å². The summed E-state index contributed by atoms with van der Waals surface area (Å²) in [7, 11) is 1.62. The lowest BCUT2D eigenvalue weighted by atomic mass is 9.78. The summed E-state index contributed by atoms with van der Waals surface area (Å²) in [6.07, 6.45) is 1.42. The van der Waals surface area contributed by atoms with Crippen molar-refractivity contribution in [3.8, 4) is 5.75 Å². The van der Waals surface area contributed by atoms with Crippen LogP contribution in [0.3, 0.4) is 0 Å². The third-order valence-corrected chi connectivity index (χ3v) is 5.46. The van der Waals surface area contributed by atoms with Crippen LogP contribution in [0.15, 0.2) is 47.4 Å². The Morgan fingerprint density at radius 3 is 2.42 bits per heavy atom. The van der Waals surface area contributed by atoms with Crippen molar-refractivity contribution in [1.29, 1.82) is 0 Å². The van der Waals surface area contributed by atoms with E-state index >= 15 is 0 Å². The lowest BCUT2D eigenvalue weighted by Gasteiger charge is -2.30. The molecular formula is C25H30N2O4. The molecule has 0 aliphatic heterocycles. The molecule has 0 unspecified atom stereocenters. The molecule has 6 heteroatoms. The van der Waals surface area contributed by atoms with Crippen molar-refractivity contribution < 1.29 is 14.6 Å². The second-order valence-corrected chi connectivity index (χ2v) is 9.51. The van der Waals surface area contributed by atoms with Crippen LogP contribution in [-0.2, 0) is 15.6 Å². The maximum Gasteiger partial charge on any atom is 0.261 e. The molecule has 1 aromatic heterocycles. The maximum absolute atomic E-state index is 13.0. The summed E-state index contributed by atoms with van der Waals surface area (Å²) in [5.74, 6) is -0.460. The number of aromatic hydroxyl groups is 1. The molecule has 0 fully saturated rings. The number of phenols is 1. The van der Waals surface area contributed by atoms with Gasteiger partial charge in [-0.05, 0) is 29.2 Å². The summed E-state index contributed by atoms with van der Waals surface area (Å²) in [5.41, 5.74) is 1.67. The predicted molar refractivity (Wildman–Crippen MR) is 124 cm³/mol. The molecule has 31 heavy (non-hydrogen) atoms. The highest BCUT2D eigenvalue weighted by atomic mass is 16.5. The lowest BCUT2D eigenvalue weighted by molar-refractivity contribution is 0.102. The number of fused-ring (bicyclic) bond motifs is 1. The molecule has 164 valence electrons. The van der Waals surface area contributed by atoms with E-state index in [1.807, 2.05) is 46.8 Å². The number of hydrogen-bond donors (Lipinski definition) is 3. The molecule has 0 atom stereocenters. The predicted octanol–water partition coefficient (Wildman–Crippen LogP) is 4.71. The van der Waals surface area contributed by atoms with Gasteiger partial charge in [-0.25, -0.2) is 0 Å². The Bertz CT molecular complexity index is 1190. The minimum absolute atomic E-state index is 0.0156. The van der Waals surface area contributed by atoms with Gasteiger partial charge in [0.15, 0.2) is 0 Å². The van der Waals surface area contributed by atoms with Crippen LogP contribution >= 0.6 is 0 Å². The summed E-state index contributed by atoms with van der Waals surface area (Å²) >= 11 is 0. The molecule has 0 spiro atoms. The molecule has 1 amide bonds. The summed E-state index contributed by atoms with van der Waals surface area (Å²) in [5, 5.41) is 14.0. The summed E-state index contributed by atoms with van der Waals surface area (Å²) < 4.78 is 5.32.